The van der Waals surface area contributed by atoms with Crippen molar-refractivity contribution in [1.29, 1.82) is 0 Å². The maximum atomic E-state index is 4.45. The first kappa shape index (κ1) is 11.0. The predicted octanol–water partition coefficient (Wildman–Crippen LogP) is 2.11. The number of hydrogen-bond donors (Lipinski definition) is 0. The van der Waals surface area contributed by atoms with E-state index >= 15 is 0 Å². The molecular weight excluding hydrogens is 226 g/mol. The summed E-state index contributed by atoms with van der Waals surface area (Å²) in [5.74, 6) is 1.80. The highest BCUT2D eigenvalue weighted by atomic mass is 15.5. The maximum Gasteiger partial charge on any atom is 0.178 e. The molecule has 0 radical (unpaired) electrons. The molecule has 18 heavy (non-hydrogen) atoms. The van der Waals surface area contributed by atoms with Gasteiger partial charge in [0.15, 0.2) is 11.6 Å². The van der Waals surface area contributed by atoms with Gasteiger partial charge in [0.25, 0.3) is 0 Å². The molecule has 0 amide bonds. The van der Waals surface area contributed by atoms with Crippen LogP contribution in [0, 0.1) is 6.92 Å². The second-order valence-corrected chi connectivity index (χ2v) is 4.48. The zero-order valence-corrected chi connectivity index (χ0v) is 10.7. The van der Waals surface area contributed by atoms with E-state index in [9.17, 15) is 0 Å². The molecule has 2 aromatic heterocycles. The van der Waals surface area contributed by atoms with Gasteiger partial charge in [0, 0.05) is 25.6 Å². The fourth-order valence-corrected chi connectivity index (χ4v) is 2.29. The van der Waals surface area contributed by atoms with Gasteiger partial charge in [-0.25, -0.2) is 9.97 Å². The molecule has 1 aliphatic heterocycles. The summed E-state index contributed by atoms with van der Waals surface area (Å²) in [6, 6.07) is 2.01. The Labute approximate surface area is 106 Å². The third kappa shape index (κ3) is 1.44. The first-order chi connectivity index (χ1) is 8.70. The van der Waals surface area contributed by atoms with Crippen molar-refractivity contribution in [3.05, 3.63) is 36.4 Å². The Balaban J connectivity index is 2.16. The fraction of sp³-hybridized carbons (Fsp3) is 0.308. The van der Waals surface area contributed by atoms with Crippen LogP contribution >= 0.6 is 0 Å². The van der Waals surface area contributed by atoms with E-state index in [0.717, 1.165) is 17.3 Å². The van der Waals surface area contributed by atoms with Crippen LogP contribution in [0.25, 0.3) is 0 Å². The lowest BCUT2D eigenvalue weighted by Gasteiger charge is -2.27. The molecule has 0 spiro atoms. The average molecular weight is 241 g/mol. The van der Waals surface area contributed by atoms with Gasteiger partial charge in [0.1, 0.15) is 6.17 Å². The SMILES string of the molecule is Cc1ccncc1N1c2nccnc2N(C)C1C. The Morgan fingerprint density at radius 1 is 1.11 bits per heavy atom. The van der Waals surface area contributed by atoms with Gasteiger partial charge in [-0.3, -0.25) is 4.98 Å². The van der Waals surface area contributed by atoms with E-state index in [-0.39, 0.29) is 6.17 Å². The van der Waals surface area contributed by atoms with Crippen LogP contribution in [0.1, 0.15) is 12.5 Å². The molecule has 0 aromatic carbocycles. The molecular formula is C13H15N5. The molecule has 92 valence electrons. The van der Waals surface area contributed by atoms with E-state index in [1.165, 1.54) is 5.56 Å². The molecule has 1 atom stereocenters. The van der Waals surface area contributed by atoms with Crippen LogP contribution < -0.4 is 9.80 Å². The molecule has 5 nitrogen and oxygen atoms in total. The monoisotopic (exact) mass is 241 g/mol. The summed E-state index contributed by atoms with van der Waals surface area (Å²) in [5, 5.41) is 0. The number of hydrogen-bond acceptors (Lipinski definition) is 5. The summed E-state index contributed by atoms with van der Waals surface area (Å²) in [5.41, 5.74) is 2.26. The summed E-state index contributed by atoms with van der Waals surface area (Å²) < 4.78 is 0. The van der Waals surface area contributed by atoms with Crippen LogP contribution in [0.15, 0.2) is 30.9 Å². The highest BCUT2D eigenvalue weighted by Gasteiger charge is 2.34. The molecule has 0 N–H and O–H groups in total. The van der Waals surface area contributed by atoms with Gasteiger partial charge in [-0.15, -0.1) is 0 Å². The molecule has 2 aromatic rings. The first-order valence-electron chi connectivity index (χ1n) is 5.94. The molecule has 0 saturated heterocycles. The Kier molecular flexibility index (Phi) is 2.40. The van der Waals surface area contributed by atoms with Crippen molar-refractivity contribution < 1.29 is 0 Å². The molecule has 0 aliphatic carbocycles. The summed E-state index contributed by atoms with van der Waals surface area (Å²) in [6.45, 7) is 4.22. The smallest absolute Gasteiger partial charge is 0.178 e. The maximum absolute atomic E-state index is 4.45. The van der Waals surface area contributed by atoms with Crippen LogP contribution in [0.4, 0.5) is 17.3 Å². The van der Waals surface area contributed by atoms with E-state index in [4.69, 9.17) is 0 Å². The standard InChI is InChI=1S/C13H15N5/c1-9-4-5-14-8-11(9)18-10(2)17(3)12-13(18)16-7-6-15-12/h4-8,10H,1-3H3. The number of aromatic nitrogens is 3. The lowest BCUT2D eigenvalue weighted by molar-refractivity contribution is 0.724. The van der Waals surface area contributed by atoms with Gasteiger partial charge in [-0.1, -0.05) is 0 Å². The Morgan fingerprint density at radius 3 is 2.56 bits per heavy atom. The molecule has 0 bridgehead atoms. The Hall–Kier alpha value is -2.17. The Bertz CT molecular complexity index is 583. The largest absolute Gasteiger partial charge is 0.336 e. The molecule has 0 saturated carbocycles. The molecule has 5 heteroatoms. The molecule has 0 fully saturated rings. The van der Waals surface area contributed by atoms with Gasteiger partial charge in [0.2, 0.25) is 0 Å². The molecule has 3 heterocycles. The van der Waals surface area contributed by atoms with Crippen molar-refractivity contribution in [3.63, 3.8) is 0 Å². The molecule has 3 rings (SSSR count). The number of pyridine rings is 1. The van der Waals surface area contributed by atoms with E-state index in [1.54, 1.807) is 18.6 Å². The van der Waals surface area contributed by atoms with Crippen LogP contribution in [0.3, 0.4) is 0 Å². The lowest BCUT2D eigenvalue weighted by atomic mass is 10.2. The Morgan fingerprint density at radius 2 is 1.83 bits per heavy atom. The van der Waals surface area contributed by atoms with Gasteiger partial charge in [-0.2, -0.15) is 0 Å². The quantitative estimate of drug-likeness (QED) is 0.765. The summed E-state index contributed by atoms with van der Waals surface area (Å²) in [4.78, 5) is 17.4. The highest BCUT2D eigenvalue weighted by molar-refractivity contribution is 5.78. The van der Waals surface area contributed by atoms with Crippen molar-refractivity contribution in [3.8, 4) is 0 Å². The van der Waals surface area contributed by atoms with Crippen molar-refractivity contribution in [2.24, 2.45) is 0 Å². The van der Waals surface area contributed by atoms with E-state index in [2.05, 4.69) is 38.6 Å². The number of nitrogens with zero attached hydrogens (tertiary/aromatic N) is 5. The van der Waals surface area contributed by atoms with Crippen LogP contribution in [0.5, 0.6) is 0 Å². The zero-order valence-electron chi connectivity index (χ0n) is 10.7. The van der Waals surface area contributed by atoms with Crippen molar-refractivity contribution in [2.75, 3.05) is 16.8 Å². The van der Waals surface area contributed by atoms with Gasteiger partial charge < -0.3 is 9.80 Å². The zero-order chi connectivity index (χ0) is 12.7. The van der Waals surface area contributed by atoms with Gasteiger partial charge in [-0.05, 0) is 25.5 Å². The van der Waals surface area contributed by atoms with E-state index in [1.807, 2.05) is 19.3 Å². The summed E-state index contributed by atoms with van der Waals surface area (Å²) >= 11 is 0. The number of fused-ring (bicyclic) bond motifs is 1. The van der Waals surface area contributed by atoms with E-state index < -0.39 is 0 Å². The van der Waals surface area contributed by atoms with E-state index in [0.29, 0.717) is 0 Å². The van der Waals surface area contributed by atoms with Crippen molar-refractivity contribution in [2.45, 2.75) is 20.0 Å². The number of rotatable bonds is 1. The second kappa shape index (κ2) is 3.94. The van der Waals surface area contributed by atoms with Crippen LogP contribution in [-0.4, -0.2) is 28.2 Å². The highest BCUT2D eigenvalue weighted by Crippen LogP contribution is 2.40. The second-order valence-electron chi connectivity index (χ2n) is 4.48. The first-order valence-corrected chi connectivity index (χ1v) is 5.94. The van der Waals surface area contributed by atoms with Crippen LogP contribution in [-0.2, 0) is 0 Å². The summed E-state index contributed by atoms with van der Waals surface area (Å²) in [6.07, 6.45) is 7.32. The predicted molar refractivity (Wildman–Crippen MR) is 71.0 cm³/mol. The van der Waals surface area contributed by atoms with Gasteiger partial charge in [0.05, 0.1) is 11.9 Å². The topological polar surface area (TPSA) is 45.2 Å². The fourth-order valence-electron chi connectivity index (χ4n) is 2.29. The van der Waals surface area contributed by atoms with Gasteiger partial charge >= 0.3 is 0 Å². The number of aryl methyl sites for hydroxylation is 1. The molecule has 1 unspecified atom stereocenters. The summed E-state index contributed by atoms with van der Waals surface area (Å²) in [7, 11) is 2.03. The number of anilines is 3. The third-order valence-corrected chi connectivity index (χ3v) is 3.43. The minimum absolute atomic E-state index is 0.185. The third-order valence-electron chi connectivity index (χ3n) is 3.43. The van der Waals surface area contributed by atoms with Crippen molar-refractivity contribution >= 4 is 17.3 Å². The lowest BCUT2D eigenvalue weighted by Crippen LogP contribution is -2.36. The minimum atomic E-state index is 0.185. The molecule has 1 aliphatic rings. The van der Waals surface area contributed by atoms with Crippen LogP contribution in [0.2, 0.25) is 0 Å². The normalized spacial score (nSPS) is 18.1. The minimum Gasteiger partial charge on any atom is -0.336 e. The van der Waals surface area contributed by atoms with Crippen molar-refractivity contribution in [1.82, 2.24) is 15.0 Å². The average Bonchev–Trinajstić information content (AvgIpc) is 2.64.